The standard InChI is InChI=1S/C13H18ClNO2/c14-13-6-10(7-15)3-4-11(13)8-16-9-12-2-1-5-17-12/h3-4,6,12H,1-2,5,7-9,15H2. The van der Waals surface area contributed by atoms with Gasteiger partial charge in [-0.3, -0.25) is 0 Å². The van der Waals surface area contributed by atoms with E-state index >= 15 is 0 Å². The second-order valence-electron chi connectivity index (χ2n) is 4.28. The molecule has 1 aliphatic rings. The minimum atomic E-state index is 0.261. The lowest BCUT2D eigenvalue weighted by atomic mass is 10.1. The van der Waals surface area contributed by atoms with Crippen molar-refractivity contribution in [2.45, 2.75) is 32.1 Å². The van der Waals surface area contributed by atoms with Gasteiger partial charge in [0.05, 0.1) is 19.3 Å². The maximum absolute atomic E-state index is 6.14. The monoisotopic (exact) mass is 255 g/mol. The zero-order valence-corrected chi connectivity index (χ0v) is 10.6. The van der Waals surface area contributed by atoms with Gasteiger partial charge < -0.3 is 15.2 Å². The fourth-order valence-corrected chi connectivity index (χ4v) is 2.17. The van der Waals surface area contributed by atoms with Crippen molar-refractivity contribution in [2.24, 2.45) is 5.73 Å². The third kappa shape index (κ3) is 3.68. The van der Waals surface area contributed by atoms with Crippen LogP contribution in [0, 0.1) is 0 Å². The van der Waals surface area contributed by atoms with Crippen LogP contribution in [0.25, 0.3) is 0 Å². The number of hydrogen-bond donors (Lipinski definition) is 1. The van der Waals surface area contributed by atoms with Crippen LogP contribution in [0.4, 0.5) is 0 Å². The van der Waals surface area contributed by atoms with Gasteiger partial charge in [-0.05, 0) is 30.0 Å². The van der Waals surface area contributed by atoms with Crippen LogP contribution in [0.2, 0.25) is 5.02 Å². The quantitative estimate of drug-likeness (QED) is 0.879. The second-order valence-corrected chi connectivity index (χ2v) is 4.69. The highest BCUT2D eigenvalue weighted by atomic mass is 35.5. The van der Waals surface area contributed by atoms with E-state index in [-0.39, 0.29) is 6.10 Å². The van der Waals surface area contributed by atoms with E-state index in [4.69, 9.17) is 26.8 Å². The Kier molecular flexibility index (Phi) is 4.80. The predicted molar refractivity (Wildman–Crippen MR) is 68.0 cm³/mol. The Morgan fingerprint density at radius 2 is 2.35 bits per heavy atom. The van der Waals surface area contributed by atoms with Gasteiger partial charge in [0.25, 0.3) is 0 Å². The molecule has 2 rings (SSSR count). The van der Waals surface area contributed by atoms with Gasteiger partial charge in [-0.25, -0.2) is 0 Å². The van der Waals surface area contributed by atoms with Crippen molar-refractivity contribution >= 4 is 11.6 Å². The maximum atomic E-state index is 6.14. The molecule has 3 nitrogen and oxygen atoms in total. The number of benzene rings is 1. The van der Waals surface area contributed by atoms with Crippen molar-refractivity contribution in [3.05, 3.63) is 34.3 Å². The minimum Gasteiger partial charge on any atom is -0.376 e. The topological polar surface area (TPSA) is 44.5 Å². The molecule has 1 saturated heterocycles. The lowest BCUT2D eigenvalue weighted by molar-refractivity contribution is 0.0106. The van der Waals surface area contributed by atoms with Crippen LogP contribution in [0.1, 0.15) is 24.0 Å². The van der Waals surface area contributed by atoms with Crippen LogP contribution in [0.5, 0.6) is 0 Å². The Morgan fingerprint density at radius 3 is 3.00 bits per heavy atom. The average Bonchev–Trinajstić information content (AvgIpc) is 2.84. The molecule has 0 aliphatic carbocycles. The summed E-state index contributed by atoms with van der Waals surface area (Å²) in [7, 11) is 0. The van der Waals surface area contributed by atoms with Crippen molar-refractivity contribution < 1.29 is 9.47 Å². The van der Waals surface area contributed by atoms with Gasteiger partial charge in [0.2, 0.25) is 0 Å². The van der Waals surface area contributed by atoms with Gasteiger partial charge >= 0.3 is 0 Å². The van der Waals surface area contributed by atoms with Gasteiger partial charge in [0, 0.05) is 18.2 Å². The molecular formula is C13H18ClNO2. The first kappa shape index (κ1) is 12.8. The highest BCUT2D eigenvalue weighted by Gasteiger charge is 2.15. The fourth-order valence-electron chi connectivity index (χ4n) is 1.91. The largest absolute Gasteiger partial charge is 0.376 e. The van der Waals surface area contributed by atoms with Crippen molar-refractivity contribution in [3.8, 4) is 0 Å². The van der Waals surface area contributed by atoms with Crippen LogP contribution in [0.15, 0.2) is 18.2 Å². The van der Waals surface area contributed by atoms with E-state index in [9.17, 15) is 0 Å². The highest BCUT2D eigenvalue weighted by molar-refractivity contribution is 6.31. The molecule has 0 aromatic heterocycles. The van der Waals surface area contributed by atoms with Gasteiger partial charge in [-0.2, -0.15) is 0 Å². The summed E-state index contributed by atoms with van der Waals surface area (Å²) in [5, 5.41) is 0.722. The van der Waals surface area contributed by atoms with Gasteiger partial charge in [-0.1, -0.05) is 23.7 Å². The molecule has 4 heteroatoms. The first-order valence-electron chi connectivity index (χ1n) is 5.96. The molecule has 2 N–H and O–H groups in total. The molecule has 1 fully saturated rings. The Labute approximate surface area is 107 Å². The van der Waals surface area contributed by atoms with E-state index in [1.807, 2.05) is 18.2 Å². The molecule has 1 unspecified atom stereocenters. The SMILES string of the molecule is NCc1ccc(COCC2CCCO2)c(Cl)c1. The number of rotatable bonds is 5. The molecular weight excluding hydrogens is 238 g/mol. The normalized spacial score (nSPS) is 19.8. The molecule has 1 aliphatic heterocycles. The van der Waals surface area contributed by atoms with Gasteiger partial charge in [0.1, 0.15) is 0 Å². The summed E-state index contributed by atoms with van der Waals surface area (Å²) in [5.41, 5.74) is 7.59. The summed E-state index contributed by atoms with van der Waals surface area (Å²) in [6, 6.07) is 5.85. The molecule has 0 bridgehead atoms. The number of nitrogens with two attached hydrogens (primary N) is 1. The number of ether oxygens (including phenoxy) is 2. The van der Waals surface area contributed by atoms with Crippen LogP contribution in [-0.4, -0.2) is 19.3 Å². The van der Waals surface area contributed by atoms with Crippen LogP contribution in [0.3, 0.4) is 0 Å². The first-order chi connectivity index (χ1) is 8.29. The van der Waals surface area contributed by atoms with Crippen molar-refractivity contribution in [2.75, 3.05) is 13.2 Å². The zero-order valence-electron chi connectivity index (χ0n) is 9.82. The summed E-state index contributed by atoms with van der Waals surface area (Å²) in [4.78, 5) is 0. The summed E-state index contributed by atoms with van der Waals surface area (Å²) in [6.45, 7) is 2.55. The van der Waals surface area contributed by atoms with E-state index in [1.54, 1.807) is 0 Å². The van der Waals surface area contributed by atoms with Crippen LogP contribution in [-0.2, 0) is 22.6 Å². The molecule has 1 atom stereocenters. The van der Waals surface area contributed by atoms with E-state index < -0.39 is 0 Å². The Balaban J connectivity index is 1.81. The fraction of sp³-hybridized carbons (Fsp3) is 0.538. The molecule has 0 amide bonds. The molecule has 0 radical (unpaired) electrons. The summed E-state index contributed by atoms with van der Waals surface area (Å²) in [6.07, 6.45) is 2.50. The van der Waals surface area contributed by atoms with E-state index in [1.165, 1.54) is 0 Å². The van der Waals surface area contributed by atoms with Crippen LogP contribution >= 0.6 is 11.6 Å². The third-order valence-electron chi connectivity index (χ3n) is 2.94. The van der Waals surface area contributed by atoms with E-state index in [2.05, 4.69) is 0 Å². The summed E-state index contributed by atoms with van der Waals surface area (Å²) < 4.78 is 11.1. The first-order valence-corrected chi connectivity index (χ1v) is 6.34. The Hall–Kier alpha value is -0.610. The highest BCUT2D eigenvalue weighted by Crippen LogP contribution is 2.19. The molecule has 0 saturated carbocycles. The number of hydrogen-bond acceptors (Lipinski definition) is 3. The minimum absolute atomic E-state index is 0.261. The Bertz CT molecular complexity index is 364. The van der Waals surface area contributed by atoms with Crippen molar-refractivity contribution in [3.63, 3.8) is 0 Å². The van der Waals surface area contributed by atoms with Crippen LogP contribution < -0.4 is 5.73 Å². The molecule has 1 aromatic carbocycles. The lowest BCUT2D eigenvalue weighted by Crippen LogP contribution is -2.13. The predicted octanol–water partition coefficient (Wildman–Crippen LogP) is 2.49. The molecule has 1 aromatic rings. The molecule has 0 spiro atoms. The molecule has 94 valence electrons. The maximum Gasteiger partial charge on any atom is 0.0809 e. The zero-order chi connectivity index (χ0) is 12.1. The van der Waals surface area contributed by atoms with Crippen molar-refractivity contribution in [1.29, 1.82) is 0 Å². The van der Waals surface area contributed by atoms with Gasteiger partial charge in [-0.15, -0.1) is 0 Å². The summed E-state index contributed by atoms with van der Waals surface area (Å²) in [5.74, 6) is 0. The Morgan fingerprint density at radius 1 is 1.47 bits per heavy atom. The lowest BCUT2D eigenvalue weighted by Gasteiger charge is -2.11. The second kappa shape index (κ2) is 6.36. The summed E-state index contributed by atoms with van der Waals surface area (Å²) >= 11 is 6.14. The van der Waals surface area contributed by atoms with E-state index in [0.717, 1.165) is 35.6 Å². The third-order valence-corrected chi connectivity index (χ3v) is 3.29. The van der Waals surface area contributed by atoms with Crippen molar-refractivity contribution in [1.82, 2.24) is 0 Å². The number of halogens is 1. The molecule has 1 heterocycles. The molecule has 17 heavy (non-hydrogen) atoms. The van der Waals surface area contributed by atoms with E-state index in [0.29, 0.717) is 19.8 Å². The smallest absolute Gasteiger partial charge is 0.0809 e. The average molecular weight is 256 g/mol. The van der Waals surface area contributed by atoms with Gasteiger partial charge in [0.15, 0.2) is 0 Å².